The maximum Gasteiger partial charge on any atom is 0.226 e. The smallest absolute Gasteiger partial charge is 0.226 e. The van der Waals surface area contributed by atoms with Gasteiger partial charge in [-0.2, -0.15) is 0 Å². The minimum Gasteiger partial charge on any atom is -0.342 e. The van der Waals surface area contributed by atoms with Crippen LogP contribution in [-0.4, -0.2) is 71.1 Å². The molecule has 1 saturated carbocycles. The highest BCUT2D eigenvalue weighted by atomic mass is 35.5. The van der Waals surface area contributed by atoms with E-state index in [1.165, 1.54) is 12.8 Å². The van der Waals surface area contributed by atoms with E-state index in [1.54, 1.807) is 11.8 Å². The number of piperazine rings is 1. The Labute approximate surface area is 208 Å². The quantitative estimate of drug-likeness (QED) is 0.611. The van der Waals surface area contributed by atoms with Crippen molar-refractivity contribution in [1.82, 2.24) is 14.7 Å². The van der Waals surface area contributed by atoms with E-state index in [1.807, 2.05) is 12.1 Å². The lowest BCUT2D eigenvalue weighted by atomic mass is 9.92. The molecule has 3 fully saturated rings. The summed E-state index contributed by atoms with van der Waals surface area (Å²) in [6.45, 7) is 10.2. The van der Waals surface area contributed by atoms with Crippen LogP contribution in [0.5, 0.6) is 0 Å². The lowest BCUT2D eigenvalue weighted by Gasteiger charge is -2.41. The van der Waals surface area contributed by atoms with Crippen molar-refractivity contribution < 1.29 is 14.4 Å². The summed E-state index contributed by atoms with van der Waals surface area (Å²) in [5.41, 5.74) is 3.25. The highest BCUT2D eigenvalue weighted by Crippen LogP contribution is 2.29. The van der Waals surface area contributed by atoms with Crippen molar-refractivity contribution >= 4 is 29.2 Å². The Bertz CT molecular complexity index is 943. The minimum atomic E-state index is -0.0861. The van der Waals surface area contributed by atoms with Gasteiger partial charge in [-0.05, 0) is 61.9 Å². The molecule has 1 aromatic carbocycles. The summed E-state index contributed by atoms with van der Waals surface area (Å²) >= 11 is 6.48. The molecule has 0 aromatic heterocycles. The van der Waals surface area contributed by atoms with E-state index in [0.29, 0.717) is 30.4 Å². The number of halogens is 1. The number of ketones is 1. The van der Waals surface area contributed by atoms with Crippen LogP contribution in [0.3, 0.4) is 0 Å². The minimum absolute atomic E-state index is 0.0378. The predicted octanol–water partition coefficient (Wildman–Crippen LogP) is 3.85. The number of amides is 2. The molecule has 0 N–H and O–H groups in total. The van der Waals surface area contributed by atoms with Gasteiger partial charge in [-0.3, -0.25) is 19.3 Å². The van der Waals surface area contributed by atoms with E-state index in [2.05, 4.69) is 23.6 Å². The fourth-order valence-electron chi connectivity index (χ4n) is 5.94. The topological polar surface area (TPSA) is 60.9 Å². The molecule has 2 heterocycles. The molecule has 0 radical (unpaired) electrons. The van der Waals surface area contributed by atoms with Gasteiger partial charge in [0.25, 0.3) is 0 Å². The molecule has 34 heavy (non-hydrogen) atoms. The Morgan fingerprint density at radius 3 is 2.32 bits per heavy atom. The van der Waals surface area contributed by atoms with Crippen LogP contribution in [0.4, 0.5) is 0 Å². The average molecular weight is 488 g/mol. The average Bonchev–Trinajstić information content (AvgIpc) is 3.49. The number of nitrogens with zero attached hydrogens (tertiary/aromatic N) is 3. The monoisotopic (exact) mass is 487 g/mol. The van der Waals surface area contributed by atoms with Crippen LogP contribution < -0.4 is 0 Å². The normalized spacial score (nSPS) is 24.1. The Hall–Kier alpha value is -1.92. The van der Waals surface area contributed by atoms with Crippen LogP contribution in [0.15, 0.2) is 12.1 Å². The molecule has 2 aliphatic heterocycles. The summed E-state index contributed by atoms with van der Waals surface area (Å²) in [5, 5.41) is 0.656. The first-order chi connectivity index (χ1) is 16.2. The predicted molar refractivity (Wildman–Crippen MR) is 134 cm³/mol. The molecule has 1 aliphatic carbocycles. The van der Waals surface area contributed by atoms with Gasteiger partial charge >= 0.3 is 0 Å². The van der Waals surface area contributed by atoms with Crippen molar-refractivity contribution in [3.63, 3.8) is 0 Å². The van der Waals surface area contributed by atoms with Crippen LogP contribution in [0, 0.1) is 18.8 Å². The molecule has 2 saturated heterocycles. The lowest BCUT2D eigenvalue weighted by molar-refractivity contribution is -0.140. The van der Waals surface area contributed by atoms with E-state index in [4.69, 9.17) is 11.6 Å². The maximum absolute atomic E-state index is 13.0. The summed E-state index contributed by atoms with van der Waals surface area (Å²) in [4.78, 5) is 43.8. The second-order valence-electron chi connectivity index (χ2n) is 10.5. The van der Waals surface area contributed by atoms with Crippen molar-refractivity contribution in [2.75, 3.05) is 32.7 Å². The first-order valence-electron chi connectivity index (χ1n) is 12.8. The molecule has 2 amide bonds. The Kier molecular flexibility index (Phi) is 7.98. The summed E-state index contributed by atoms with van der Waals surface area (Å²) in [5.74, 6) is 0.715. The van der Waals surface area contributed by atoms with E-state index in [0.717, 1.165) is 62.1 Å². The van der Waals surface area contributed by atoms with E-state index in [9.17, 15) is 14.4 Å². The van der Waals surface area contributed by atoms with Crippen LogP contribution in [0.2, 0.25) is 5.02 Å². The highest BCUT2D eigenvalue weighted by molar-refractivity contribution is 6.30. The van der Waals surface area contributed by atoms with Crippen LogP contribution in [0.1, 0.15) is 62.6 Å². The molecule has 4 rings (SSSR count). The second-order valence-corrected chi connectivity index (χ2v) is 11.0. The number of hydrogen-bond acceptors (Lipinski definition) is 4. The van der Waals surface area contributed by atoms with Gasteiger partial charge in [0.15, 0.2) is 0 Å². The van der Waals surface area contributed by atoms with Crippen molar-refractivity contribution in [3.8, 4) is 0 Å². The van der Waals surface area contributed by atoms with Crippen molar-refractivity contribution in [2.24, 2.45) is 11.8 Å². The van der Waals surface area contributed by atoms with Gasteiger partial charge in [0, 0.05) is 75.5 Å². The number of hydrogen-bond donors (Lipinski definition) is 0. The van der Waals surface area contributed by atoms with Crippen LogP contribution >= 0.6 is 11.6 Å². The Balaban J connectivity index is 1.38. The molecule has 7 heteroatoms. The largest absolute Gasteiger partial charge is 0.342 e. The first-order valence-corrected chi connectivity index (χ1v) is 13.2. The van der Waals surface area contributed by atoms with Gasteiger partial charge in [-0.25, -0.2) is 0 Å². The van der Waals surface area contributed by atoms with E-state index >= 15 is 0 Å². The number of benzene rings is 1. The third kappa shape index (κ3) is 5.65. The van der Waals surface area contributed by atoms with Gasteiger partial charge in [-0.15, -0.1) is 0 Å². The fraction of sp³-hybridized carbons (Fsp3) is 0.667. The third-order valence-corrected chi connectivity index (χ3v) is 8.35. The zero-order valence-electron chi connectivity index (χ0n) is 20.8. The van der Waals surface area contributed by atoms with Crippen molar-refractivity contribution in [2.45, 2.75) is 71.9 Å². The SMILES string of the molecule is CC(=O)N1CC[C@H](C(=O)Cc2cc(Cl)cc(CN3CCN(C(=O)C4CCCC4)[C@@H](C)C3)c2C)C1. The summed E-state index contributed by atoms with van der Waals surface area (Å²) in [6, 6.07) is 4.13. The van der Waals surface area contributed by atoms with Gasteiger partial charge < -0.3 is 9.80 Å². The number of likely N-dealkylation sites (tertiary alicyclic amines) is 1. The molecule has 6 nitrogen and oxygen atoms in total. The number of Topliss-reactive ketones (excluding diaryl/α,β-unsaturated/α-hetero) is 1. The zero-order chi connectivity index (χ0) is 24.4. The molecule has 3 aliphatic rings. The molecular weight excluding hydrogens is 450 g/mol. The number of rotatable bonds is 6. The van der Waals surface area contributed by atoms with Crippen molar-refractivity contribution in [3.05, 3.63) is 33.8 Å². The van der Waals surface area contributed by atoms with Crippen LogP contribution in [0.25, 0.3) is 0 Å². The van der Waals surface area contributed by atoms with Crippen LogP contribution in [-0.2, 0) is 27.3 Å². The van der Waals surface area contributed by atoms with Gasteiger partial charge in [0.2, 0.25) is 11.8 Å². The lowest BCUT2D eigenvalue weighted by Crippen LogP contribution is -2.54. The zero-order valence-corrected chi connectivity index (χ0v) is 21.6. The fourth-order valence-corrected chi connectivity index (χ4v) is 6.20. The summed E-state index contributed by atoms with van der Waals surface area (Å²) in [6.07, 6.45) is 5.55. The highest BCUT2D eigenvalue weighted by Gasteiger charge is 2.33. The summed E-state index contributed by atoms with van der Waals surface area (Å²) in [7, 11) is 0. The molecule has 1 aromatic rings. The maximum atomic E-state index is 13.0. The standard InChI is InChI=1S/C27H38ClN3O3/c1-18-15-29(10-11-31(18)27(34)21-6-4-5-7-21)16-24-13-25(28)12-23(19(24)2)14-26(33)22-8-9-30(17-22)20(3)32/h12-13,18,21-22H,4-11,14-17H2,1-3H3/t18-,22-/m0/s1. The van der Waals surface area contributed by atoms with E-state index < -0.39 is 0 Å². The summed E-state index contributed by atoms with van der Waals surface area (Å²) < 4.78 is 0. The van der Waals surface area contributed by atoms with E-state index in [-0.39, 0.29) is 29.6 Å². The Morgan fingerprint density at radius 1 is 0.971 bits per heavy atom. The molecular formula is C27H38ClN3O3. The Morgan fingerprint density at radius 2 is 1.68 bits per heavy atom. The molecule has 0 spiro atoms. The molecule has 0 unspecified atom stereocenters. The van der Waals surface area contributed by atoms with Gasteiger partial charge in [0.05, 0.1) is 0 Å². The molecule has 186 valence electrons. The number of carbonyl (C=O) groups excluding carboxylic acids is 3. The van der Waals surface area contributed by atoms with Crippen molar-refractivity contribution in [1.29, 1.82) is 0 Å². The van der Waals surface area contributed by atoms with Gasteiger partial charge in [-0.1, -0.05) is 24.4 Å². The number of carbonyl (C=O) groups is 3. The van der Waals surface area contributed by atoms with Gasteiger partial charge in [0.1, 0.15) is 5.78 Å². The second kappa shape index (κ2) is 10.8. The molecule has 2 atom stereocenters. The first kappa shape index (κ1) is 25.2. The third-order valence-electron chi connectivity index (χ3n) is 8.13. The molecule has 0 bridgehead atoms.